The summed E-state index contributed by atoms with van der Waals surface area (Å²) < 4.78 is 5.44. The van der Waals surface area contributed by atoms with E-state index in [-0.39, 0.29) is 18.5 Å². The highest BCUT2D eigenvalue weighted by Crippen LogP contribution is 2.17. The maximum absolute atomic E-state index is 12.5. The Labute approximate surface area is 387 Å². The number of nitrogens with one attached hydrogen (secondary N) is 1. The van der Waals surface area contributed by atoms with Crippen LogP contribution in [0.2, 0.25) is 0 Å². The summed E-state index contributed by atoms with van der Waals surface area (Å²) in [6, 6.07) is -0.556. The molecule has 0 aromatic rings. The average Bonchev–Trinajstić information content (AvgIpc) is 3.27. The number of aliphatic hydroxyl groups is 2. The second-order valence-electron chi connectivity index (χ2n) is 19.3. The van der Waals surface area contributed by atoms with Gasteiger partial charge in [0.25, 0.3) is 0 Å². The first-order chi connectivity index (χ1) is 30.5. The summed E-state index contributed by atoms with van der Waals surface area (Å²) in [5.41, 5.74) is 0. The number of amides is 1. The minimum atomic E-state index is -0.677. The summed E-state index contributed by atoms with van der Waals surface area (Å²) in [5.74, 6) is -0.0749. The SMILES string of the molecule is CCCC/C=C\CCCCCCCC(=O)OCCCCCCCCCCCCCC(=O)NC(CO)C(O)CCCCCCCCCCCCCCCCCCCCCCCCC. The highest BCUT2D eigenvalue weighted by Gasteiger charge is 2.20. The van der Waals surface area contributed by atoms with Gasteiger partial charge in [-0.3, -0.25) is 9.59 Å². The van der Waals surface area contributed by atoms with Gasteiger partial charge in [-0.1, -0.05) is 264 Å². The Bertz CT molecular complexity index is 924. The molecule has 2 unspecified atom stereocenters. The van der Waals surface area contributed by atoms with Gasteiger partial charge in [0.15, 0.2) is 0 Å². The maximum atomic E-state index is 12.5. The predicted molar refractivity (Wildman–Crippen MR) is 269 cm³/mol. The van der Waals surface area contributed by atoms with E-state index in [0.29, 0.717) is 25.9 Å². The van der Waals surface area contributed by atoms with Crippen molar-refractivity contribution in [1.29, 1.82) is 0 Å². The Morgan fingerprint density at radius 3 is 1.19 bits per heavy atom. The highest BCUT2D eigenvalue weighted by atomic mass is 16.5. The zero-order valence-electron chi connectivity index (χ0n) is 41.9. The number of unbranched alkanes of at least 4 members (excludes halogenated alkanes) is 39. The molecule has 6 nitrogen and oxygen atoms in total. The Morgan fingerprint density at radius 1 is 0.435 bits per heavy atom. The molecule has 368 valence electrons. The number of aliphatic hydroxyl groups excluding tert-OH is 2. The molecule has 2 atom stereocenters. The van der Waals surface area contributed by atoms with Crippen molar-refractivity contribution in [2.45, 2.75) is 321 Å². The van der Waals surface area contributed by atoms with Crippen LogP contribution in [0.1, 0.15) is 309 Å². The minimum Gasteiger partial charge on any atom is -0.466 e. The first kappa shape index (κ1) is 60.6. The van der Waals surface area contributed by atoms with Crippen LogP contribution in [0.15, 0.2) is 12.2 Å². The van der Waals surface area contributed by atoms with Gasteiger partial charge in [0.2, 0.25) is 5.91 Å². The van der Waals surface area contributed by atoms with Crippen molar-refractivity contribution < 1.29 is 24.5 Å². The third-order valence-corrected chi connectivity index (χ3v) is 13.1. The number of ether oxygens (including phenoxy) is 1. The molecule has 0 spiro atoms. The number of hydrogen-bond donors (Lipinski definition) is 3. The van der Waals surface area contributed by atoms with Gasteiger partial charge in [-0.2, -0.15) is 0 Å². The van der Waals surface area contributed by atoms with Gasteiger partial charge < -0.3 is 20.3 Å². The molecule has 0 heterocycles. The Morgan fingerprint density at radius 2 is 0.774 bits per heavy atom. The quantitative estimate of drug-likeness (QED) is 0.0321. The second-order valence-corrected chi connectivity index (χ2v) is 19.3. The molecule has 0 radical (unpaired) electrons. The molecule has 0 aromatic heterocycles. The van der Waals surface area contributed by atoms with Gasteiger partial charge >= 0.3 is 5.97 Å². The van der Waals surface area contributed by atoms with Crippen molar-refractivity contribution in [3.05, 3.63) is 12.2 Å². The van der Waals surface area contributed by atoms with E-state index in [1.54, 1.807) is 0 Å². The molecule has 3 N–H and O–H groups in total. The van der Waals surface area contributed by atoms with E-state index >= 15 is 0 Å². The molecule has 0 saturated carbocycles. The van der Waals surface area contributed by atoms with Crippen molar-refractivity contribution in [1.82, 2.24) is 5.32 Å². The molecule has 0 aliphatic carbocycles. The normalized spacial score (nSPS) is 12.6. The Kier molecular flexibility index (Phi) is 51.0. The second kappa shape index (κ2) is 52.2. The molecule has 0 aliphatic rings. The molecule has 0 fully saturated rings. The number of hydrogen-bond acceptors (Lipinski definition) is 5. The summed E-state index contributed by atoms with van der Waals surface area (Å²) in [6.45, 7) is 4.89. The molecule has 0 bridgehead atoms. The fraction of sp³-hybridized carbons (Fsp3) is 0.929. The smallest absolute Gasteiger partial charge is 0.305 e. The number of carbonyl (C=O) groups excluding carboxylic acids is 2. The lowest BCUT2D eigenvalue weighted by Crippen LogP contribution is -2.45. The maximum Gasteiger partial charge on any atom is 0.305 e. The van der Waals surface area contributed by atoms with Crippen LogP contribution in [-0.2, 0) is 14.3 Å². The fourth-order valence-electron chi connectivity index (χ4n) is 8.74. The van der Waals surface area contributed by atoms with Gasteiger partial charge in [0.05, 0.1) is 25.4 Å². The Balaban J connectivity index is 3.46. The van der Waals surface area contributed by atoms with Crippen molar-refractivity contribution in [2.24, 2.45) is 0 Å². The van der Waals surface area contributed by atoms with Crippen molar-refractivity contribution in [2.75, 3.05) is 13.2 Å². The number of rotatable bonds is 52. The monoisotopic (exact) mass is 876 g/mol. The van der Waals surface area contributed by atoms with Crippen LogP contribution in [-0.4, -0.2) is 47.4 Å². The van der Waals surface area contributed by atoms with Crippen LogP contribution < -0.4 is 5.32 Å². The third-order valence-electron chi connectivity index (χ3n) is 13.1. The minimum absolute atomic E-state index is 0.0237. The molecule has 0 rings (SSSR count). The summed E-state index contributed by atoms with van der Waals surface area (Å²) in [4.78, 5) is 24.5. The first-order valence-corrected chi connectivity index (χ1v) is 27.9. The van der Waals surface area contributed by atoms with Crippen molar-refractivity contribution in [3.8, 4) is 0 Å². The lowest BCUT2D eigenvalue weighted by atomic mass is 10.0. The van der Waals surface area contributed by atoms with E-state index in [1.807, 2.05) is 0 Å². The third kappa shape index (κ3) is 48.1. The van der Waals surface area contributed by atoms with Crippen LogP contribution in [0.4, 0.5) is 0 Å². The van der Waals surface area contributed by atoms with Gasteiger partial charge in [0, 0.05) is 12.8 Å². The molecule has 0 aromatic carbocycles. The topological polar surface area (TPSA) is 95.9 Å². The van der Waals surface area contributed by atoms with Crippen molar-refractivity contribution >= 4 is 11.9 Å². The lowest BCUT2D eigenvalue weighted by Gasteiger charge is -2.22. The van der Waals surface area contributed by atoms with Gasteiger partial charge in [0.1, 0.15) is 0 Å². The first-order valence-electron chi connectivity index (χ1n) is 27.9. The van der Waals surface area contributed by atoms with Crippen LogP contribution in [0.3, 0.4) is 0 Å². The standard InChI is InChI=1S/C56H109NO5/c1-3-5-7-9-11-13-15-16-17-18-19-20-21-22-23-24-25-26-29-32-36-40-44-48-54(59)53(52-58)57-55(60)49-45-41-37-33-30-27-31-35-39-43-47-51-62-56(61)50-46-42-38-34-28-14-12-10-8-6-4-2/h10,12,53-54,58-59H,3-9,11,13-52H2,1-2H3,(H,57,60)/b12-10-. The summed E-state index contributed by atoms with van der Waals surface area (Å²) in [5, 5.41) is 23.3. The van der Waals surface area contributed by atoms with E-state index in [0.717, 1.165) is 57.8 Å². The van der Waals surface area contributed by atoms with E-state index in [1.165, 1.54) is 218 Å². The summed E-state index contributed by atoms with van der Waals surface area (Å²) in [6.07, 6.45) is 60.5. The highest BCUT2D eigenvalue weighted by molar-refractivity contribution is 5.76. The zero-order chi connectivity index (χ0) is 45.1. The Hall–Kier alpha value is -1.40. The van der Waals surface area contributed by atoms with E-state index in [2.05, 4.69) is 31.3 Å². The number of allylic oxidation sites excluding steroid dienone is 2. The molecule has 0 aliphatic heterocycles. The van der Waals surface area contributed by atoms with Crippen LogP contribution >= 0.6 is 0 Å². The van der Waals surface area contributed by atoms with Crippen LogP contribution in [0.5, 0.6) is 0 Å². The van der Waals surface area contributed by atoms with Gasteiger partial charge in [-0.05, 0) is 44.9 Å². The van der Waals surface area contributed by atoms with Crippen LogP contribution in [0.25, 0.3) is 0 Å². The molecule has 0 saturated heterocycles. The van der Waals surface area contributed by atoms with Crippen molar-refractivity contribution in [3.63, 3.8) is 0 Å². The largest absolute Gasteiger partial charge is 0.466 e. The fourth-order valence-corrected chi connectivity index (χ4v) is 8.74. The molecule has 1 amide bonds. The number of esters is 1. The molecular weight excluding hydrogens is 767 g/mol. The predicted octanol–water partition coefficient (Wildman–Crippen LogP) is 16.9. The summed E-state index contributed by atoms with van der Waals surface area (Å²) >= 11 is 0. The van der Waals surface area contributed by atoms with Crippen LogP contribution in [0, 0.1) is 0 Å². The molecule has 6 heteroatoms. The molecule has 62 heavy (non-hydrogen) atoms. The zero-order valence-corrected chi connectivity index (χ0v) is 41.9. The number of carbonyl (C=O) groups is 2. The summed E-state index contributed by atoms with van der Waals surface area (Å²) in [7, 11) is 0. The van der Waals surface area contributed by atoms with E-state index in [4.69, 9.17) is 4.74 Å². The van der Waals surface area contributed by atoms with E-state index in [9.17, 15) is 19.8 Å². The van der Waals surface area contributed by atoms with Gasteiger partial charge in [-0.25, -0.2) is 0 Å². The van der Waals surface area contributed by atoms with Gasteiger partial charge in [-0.15, -0.1) is 0 Å². The molecular formula is C56H109NO5. The average molecular weight is 876 g/mol. The van der Waals surface area contributed by atoms with E-state index < -0.39 is 12.1 Å². The lowest BCUT2D eigenvalue weighted by molar-refractivity contribution is -0.143.